The van der Waals surface area contributed by atoms with Crippen LogP contribution in [0, 0.1) is 3.57 Å². The molecule has 0 atom stereocenters. The average Bonchev–Trinajstić information content (AvgIpc) is 3.10. The van der Waals surface area contributed by atoms with Crippen LogP contribution in [0.4, 0.5) is 5.69 Å². The highest BCUT2D eigenvalue weighted by molar-refractivity contribution is 14.1. The number of carbonyl (C=O) groups excluding carboxylic acids is 1. The topological polar surface area (TPSA) is 77.2 Å². The van der Waals surface area contributed by atoms with Gasteiger partial charge in [0.05, 0.1) is 12.8 Å². The van der Waals surface area contributed by atoms with Crippen LogP contribution in [-0.2, 0) is 11.2 Å². The summed E-state index contributed by atoms with van der Waals surface area (Å²) in [6, 6.07) is 12.8. The molecule has 0 radical (unpaired) electrons. The van der Waals surface area contributed by atoms with Crippen molar-refractivity contribution in [3.05, 3.63) is 56.9 Å². The lowest BCUT2D eigenvalue weighted by Gasteiger charge is -2.10. The van der Waals surface area contributed by atoms with E-state index in [0.29, 0.717) is 34.6 Å². The van der Waals surface area contributed by atoms with Gasteiger partial charge in [0.2, 0.25) is 17.6 Å². The first-order valence-electron chi connectivity index (χ1n) is 7.77. The molecule has 1 heterocycles. The molecule has 3 aromatic rings. The third kappa shape index (κ3) is 4.73. The van der Waals surface area contributed by atoms with Gasteiger partial charge in [-0.05, 0) is 52.9 Å². The van der Waals surface area contributed by atoms with Crippen molar-refractivity contribution >= 4 is 45.8 Å². The summed E-state index contributed by atoms with van der Waals surface area (Å²) in [5.74, 6) is 1.26. The van der Waals surface area contributed by atoms with Gasteiger partial charge in [-0.25, -0.2) is 0 Å². The molecule has 1 N–H and O–H groups in total. The van der Waals surface area contributed by atoms with Crippen molar-refractivity contribution in [2.24, 2.45) is 0 Å². The molecule has 8 heteroatoms. The zero-order valence-corrected chi connectivity index (χ0v) is 16.7. The smallest absolute Gasteiger partial charge is 0.227 e. The minimum atomic E-state index is -0.195. The van der Waals surface area contributed by atoms with E-state index in [0.717, 1.165) is 9.13 Å². The molecule has 0 spiro atoms. The Kier molecular flexibility index (Phi) is 6.10. The second-order valence-electron chi connectivity index (χ2n) is 5.41. The summed E-state index contributed by atoms with van der Waals surface area (Å²) >= 11 is 8.19. The normalized spacial score (nSPS) is 10.6. The van der Waals surface area contributed by atoms with E-state index in [4.69, 9.17) is 20.9 Å². The molecule has 1 amide bonds. The van der Waals surface area contributed by atoms with Gasteiger partial charge in [0, 0.05) is 27.0 Å². The second kappa shape index (κ2) is 8.50. The Labute approximate surface area is 169 Å². The Bertz CT molecular complexity index is 912. The molecule has 0 bridgehead atoms. The Hall–Kier alpha value is -2.13. The fraction of sp³-hybridized carbons (Fsp3) is 0.167. The van der Waals surface area contributed by atoms with Crippen LogP contribution in [0.2, 0.25) is 5.02 Å². The lowest BCUT2D eigenvalue weighted by molar-refractivity contribution is -0.116. The summed E-state index contributed by atoms with van der Waals surface area (Å²) < 4.78 is 11.6. The summed E-state index contributed by atoms with van der Waals surface area (Å²) in [6.45, 7) is 0. The molecule has 2 aromatic carbocycles. The maximum atomic E-state index is 12.2. The van der Waals surface area contributed by atoms with Crippen LogP contribution in [0.25, 0.3) is 11.4 Å². The van der Waals surface area contributed by atoms with Crippen LogP contribution in [0.5, 0.6) is 5.75 Å². The van der Waals surface area contributed by atoms with Crippen molar-refractivity contribution in [2.75, 3.05) is 12.4 Å². The average molecular weight is 484 g/mol. The molecule has 0 fully saturated rings. The Morgan fingerprint density at radius 2 is 2.04 bits per heavy atom. The number of amides is 1. The molecular formula is C18H15ClIN3O3. The zero-order chi connectivity index (χ0) is 18.5. The number of carbonyl (C=O) groups is 1. The molecule has 0 saturated carbocycles. The van der Waals surface area contributed by atoms with Crippen LogP contribution in [0.3, 0.4) is 0 Å². The van der Waals surface area contributed by atoms with E-state index in [9.17, 15) is 4.79 Å². The predicted octanol–water partition coefficient (Wildman–Crippen LogP) is 4.57. The van der Waals surface area contributed by atoms with E-state index in [2.05, 4.69) is 38.0 Å². The van der Waals surface area contributed by atoms with Crippen LogP contribution in [-0.4, -0.2) is 23.2 Å². The van der Waals surface area contributed by atoms with Gasteiger partial charge in [0.15, 0.2) is 0 Å². The number of nitrogens with one attached hydrogen (secondary N) is 1. The van der Waals surface area contributed by atoms with Gasteiger partial charge < -0.3 is 14.6 Å². The maximum Gasteiger partial charge on any atom is 0.227 e. The number of aryl methyl sites for hydroxylation is 1. The van der Waals surface area contributed by atoms with Gasteiger partial charge >= 0.3 is 0 Å². The van der Waals surface area contributed by atoms with E-state index in [-0.39, 0.29) is 12.3 Å². The highest BCUT2D eigenvalue weighted by Crippen LogP contribution is 2.27. The summed E-state index contributed by atoms with van der Waals surface area (Å²) in [5, 5.41) is 7.25. The molecule has 0 aliphatic heterocycles. The predicted molar refractivity (Wildman–Crippen MR) is 107 cm³/mol. The highest BCUT2D eigenvalue weighted by atomic mass is 127. The van der Waals surface area contributed by atoms with Gasteiger partial charge in [-0.1, -0.05) is 28.9 Å². The largest absolute Gasteiger partial charge is 0.495 e. The molecule has 1 aromatic heterocycles. The first kappa shape index (κ1) is 18.7. The van der Waals surface area contributed by atoms with Gasteiger partial charge in [0.1, 0.15) is 5.75 Å². The monoisotopic (exact) mass is 483 g/mol. The van der Waals surface area contributed by atoms with E-state index in [1.165, 1.54) is 7.11 Å². The quantitative estimate of drug-likeness (QED) is 0.520. The number of anilines is 1. The maximum absolute atomic E-state index is 12.2. The SMILES string of the molecule is COc1ccc(Cl)cc1NC(=O)CCc1nc(-c2ccc(I)cc2)no1. The zero-order valence-electron chi connectivity index (χ0n) is 13.8. The number of aromatic nitrogens is 2. The molecule has 0 aliphatic carbocycles. The number of ether oxygens (including phenoxy) is 1. The lowest BCUT2D eigenvalue weighted by Crippen LogP contribution is -2.13. The van der Waals surface area contributed by atoms with Crippen molar-refractivity contribution in [2.45, 2.75) is 12.8 Å². The summed E-state index contributed by atoms with van der Waals surface area (Å²) in [5.41, 5.74) is 1.39. The van der Waals surface area contributed by atoms with E-state index >= 15 is 0 Å². The number of rotatable bonds is 6. The molecule has 6 nitrogen and oxygen atoms in total. The van der Waals surface area contributed by atoms with E-state index in [1.54, 1.807) is 18.2 Å². The number of hydrogen-bond donors (Lipinski definition) is 1. The highest BCUT2D eigenvalue weighted by Gasteiger charge is 2.12. The minimum absolute atomic E-state index is 0.195. The van der Waals surface area contributed by atoms with Gasteiger partial charge in [-0.3, -0.25) is 4.79 Å². The number of benzene rings is 2. The van der Waals surface area contributed by atoms with Gasteiger partial charge in [0.25, 0.3) is 0 Å². The van der Waals surface area contributed by atoms with Gasteiger partial charge in [-0.15, -0.1) is 0 Å². The van der Waals surface area contributed by atoms with Crippen molar-refractivity contribution in [1.82, 2.24) is 10.1 Å². The fourth-order valence-corrected chi connectivity index (χ4v) is 2.82. The van der Waals surface area contributed by atoms with E-state index < -0.39 is 0 Å². The minimum Gasteiger partial charge on any atom is -0.495 e. The van der Waals surface area contributed by atoms with Crippen molar-refractivity contribution < 1.29 is 14.1 Å². The molecule has 0 aliphatic rings. The Morgan fingerprint density at radius 3 is 2.77 bits per heavy atom. The fourth-order valence-electron chi connectivity index (χ4n) is 2.28. The standard InChI is InChI=1S/C18H15ClIN3O3/c1-25-15-7-4-12(19)10-14(15)21-16(24)8-9-17-22-18(23-26-17)11-2-5-13(20)6-3-11/h2-7,10H,8-9H2,1H3,(H,21,24). The molecule has 134 valence electrons. The Morgan fingerprint density at radius 1 is 1.27 bits per heavy atom. The van der Waals surface area contributed by atoms with E-state index in [1.807, 2.05) is 24.3 Å². The van der Waals surface area contributed by atoms with Crippen molar-refractivity contribution in [3.8, 4) is 17.1 Å². The Balaban J connectivity index is 1.60. The summed E-state index contributed by atoms with van der Waals surface area (Å²) in [7, 11) is 1.53. The molecule has 3 rings (SSSR count). The van der Waals surface area contributed by atoms with Gasteiger partial charge in [-0.2, -0.15) is 4.98 Å². The van der Waals surface area contributed by atoms with Crippen LogP contribution >= 0.6 is 34.2 Å². The van der Waals surface area contributed by atoms with Crippen LogP contribution in [0.15, 0.2) is 47.0 Å². The number of methoxy groups -OCH3 is 1. The third-order valence-electron chi connectivity index (χ3n) is 3.57. The number of nitrogens with zero attached hydrogens (tertiary/aromatic N) is 2. The lowest BCUT2D eigenvalue weighted by atomic mass is 10.2. The summed E-state index contributed by atoms with van der Waals surface area (Å²) in [6.07, 6.45) is 0.538. The molecule has 0 saturated heterocycles. The number of hydrogen-bond acceptors (Lipinski definition) is 5. The molecule has 26 heavy (non-hydrogen) atoms. The first-order chi connectivity index (χ1) is 12.5. The summed E-state index contributed by atoms with van der Waals surface area (Å²) in [4.78, 5) is 16.5. The third-order valence-corrected chi connectivity index (χ3v) is 4.53. The molecular weight excluding hydrogens is 469 g/mol. The van der Waals surface area contributed by atoms with Crippen LogP contribution in [0.1, 0.15) is 12.3 Å². The first-order valence-corrected chi connectivity index (χ1v) is 9.23. The van der Waals surface area contributed by atoms with Crippen molar-refractivity contribution in [3.63, 3.8) is 0 Å². The number of halogens is 2. The molecule has 0 unspecified atom stereocenters. The van der Waals surface area contributed by atoms with Crippen LogP contribution < -0.4 is 10.1 Å². The van der Waals surface area contributed by atoms with Crippen molar-refractivity contribution in [1.29, 1.82) is 0 Å². The second-order valence-corrected chi connectivity index (χ2v) is 7.09.